The van der Waals surface area contributed by atoms with Crippen molar-refractivity contribution in [3.63, 3.8) is 0 Å². The van der Waals surface area contributed by atoms with Gasteiger partial charge in [0.05, 0.1) is 12.0 Å². The maximum Gasteiger partial charge on any atom is 0.243 e. The number of rotatable bonds is 8. The minimum absolute atomic E-state index is 0.313. The molecule has 0 aromatic heterocycles. The minimum Gasteiger partial charge on any atom is -0.496 e. The van der Waals surface area contributed by atoms with E-state index in [0.717, 1.165) is 5.56 Å². The number of hydrogen-bond acceptors (Lipinski definition) is 4. The lowest BCUT2D eigenvalue weighted by atomic mass is 10.2. The summed E-state index contributed by atoms with van der Waals surface area (Å²) in [5.74, 6) is 0.696. The van der Waals surface area contributed by atoms with E-state index in [-0.39, 0.29) is 0 Å². The molecular weight excluding hydrogens is 288 g/mol. The number of hydrogen-bond donors (Lipinski definition) is 1. The highest BCUT2D eigenvalue weighted by Crippen LogP contribution is 2.24. The lowest BCUT2D eigenvalue weighted by Gasteiger charge is -2.20. The molecule has 1 aromatic carbocycles. The third kappa shape index (κ3) is 4.43. The Balaban J connectivity index is 3.18. The molecule has 0 aliphatic carbocycles. The summed E-state index contributed by atoms with van der Waals surface area (Å²) in [6, 6.07) is 5.33. The first kappa shape index (κ1) is 17.9. The van der Waals surface area contributed by atoms with Crippen molar-refractivity contribution >= 4 is 10.0 Å². The summed E-state index contributed by atoms with van der Waals surface area (Å²) < 4.78 is 31.9. The zero-order valence-electron chi connectivity index (χ0n) is 13.5. The van der Waals surface area contributed by atoms with Gasteiger partial charge in [-0.1, -0.05) is 27.7 Å². The molecule has 0 spiro atoms. The molecule has 0 radical (unpaired) electrons. The quantitative estimate of drug-likeness (QED) is 0.799. The normalized spacial score (nSPS) is 12.1. The van der Waals surface area contributed by atoms with Crippen LogP contribution in [0.25, 0.3) is 0 Å². The molecule has 0 aliphatic heterocycles. The van der Waals surface area contributed by atoms with Crippen molar-refractivity contribution in [1.29, 1.82) is 0 Å². The van der Waals surface area contributed by atoms with Gasteiger partial charge in [0.15, 0.2) is 0 Å². The molecule has 0 bridgehead atoms. The highest BCUT2D eigenvalue weighted by atomic mass is 32.2. The summed E-state index contributed by atoms with van der Waals surface area (Å²) in [6.07, 6.45) is 0. The molecule has 0 aliphatic rings. The van der Waals surface area contributed by atoms with Crippen LogP contribution < -0.4 is 10.1 Å². The lowest BCUT2D eigenvalue weighted by Crippen LogP contribution is -2.30. The van der Waals surface area contributed by atoms with Gasteiger partial charge in [-0.25, -0.2) is 8.42 Å². The van der Waals surface area contributed by atoms with Crippen molar-refractivity contribution in [2.24, 2.45) is 0 Å². The molecule has 1 aromatic rings. The van der Waals surface area contributed by atoms with Crippen molar-refractivity contribution in [3.8, 4) is 5.75 Å². The molecule has 0 amide bonds. The van der Waals surface area contributed by atoms with Crippen LogP contribution in [0.5, 0.6) is 5.75 Å². The van der Waals surface area contributed by atoms with Crippen LogP contribution in [0, 0.1) is 0 Å². The molecule has 0 heterocycles. The highest BCUT2D eigenvalue weighted by molar-refractivity contribution is 7.89. The van der Waals surface area contributed by atoms with Crippen LogP contribution in [0.2, 0.25) is 0 Å². The Morgan fingerprint density at radius 3 is 2.33 bits per heavy atom. The van der Waals surface area contributed by atoms with E-state index in [4.69, 9.17) is 4.74 Å². The van der Waals surface area contributed by atoms with Crippen molar-refractivity contribution < 1.29 is 13.2 Å². The SMILES string of the molecule is CCN(CC)S(=O)(=O)c1ccc(OC)c(CNC(C)C)c1. The minimum atomic E-state index is -3.44. The fourth-order valence-electron chi connectivity index (χ4n) is 2.08. The first-order valence-electron chi connectivity index (χ1n) is 7.27. The van der Waals surface area contributed by atoms with E-state index in [2.05, 4.69) is 5.32 Å². The van der Waals surface area contributed by atoms with Crippen LogP contribution in [-0.4, -0.2) is 39.0 Å². The molecule has 5 nitrogen and oxygen atoms in total. The summed E-state index contributed by atoms with van der Waals surface area (Å²) in [7, 11) is -1.85. The molecule has 0 saturated carbocycles. The Labute approximate surface area is 128 Å². The summed E-state index contributed by atoms with van der Waals surface area (Å²) in [5.41, 5.74) is 0.847. The number of sulfonamides is 1. The standard InChI is InChI=1S/C15H26N2O3S/c1-6-17(7-2)21(18,19)14-8-9-15(20-5)13(10-14)11-16-12(3)4/h8-10,12,16H,6-7,11H2,1-5H3. The summed E-state index contributed by atoms with van der Waals surface area (Å²) in [4.78, 5) is 0.313. The largest absolute Gasteiger partial charge is 0.496 e. The molecule has 1 rings (SSSR count). The van der Waals surface area contributed by atoms with Crippen LogP contribution in [0.1, 0.15) is 33.3 Å². The van der Waals surface area contributed by atoms with Gasteiger partial charge in [0.2, 0.25) is 10.0 Å². The van der Waals surface area contributed by atoms with Crippen LogP contribution >= 0.6 is 0 Å². The van der Waals surface area contributed by atoms with Gasteiger partial charge in [-0.05, 0) is 18.2 Å². The molecular formula is C15H26N2O3S. The average molecular weight is 314 g/mol. The zero-order chi connectivity index (χ0) is 16.0. The van der Waals surface area contributed by atoms with Crippen LogP contribution in [-0.2, 0) is 16.6 Å². The maximum atomic E-state index is 12.5. The molecule has 0 saturated heterocycles. The number of ether oxygens (including phenoxy) is 1. The predicted octanol–water partition coefficient (Wildman–Crippen LogP) is 2.22. The number of methoxy groups -OCH3 is 1. The van der Waals surface area contributed by atoms with Gasteiger partial charge in [-0.3, -0.25) is 0 Å². The average Bonchev–Trinajstić information content (AvgIpc) is 2.45. The van der Waals surface area contributed by atoms with Gasteiger partial charge in [0.25, 0.3) is 0 Å². The number of nitrogens with zero attached hydrogens (tertiary/aromatic N) is 1. The second-order valence-electron chi connectivity index (χ2n) is 5.10. The van der Waals surface area contributed by atoms with Crippen molar-refractivity contribution in [1.82, 2.24) is 9.62 Å². The predicted molar refractivity (Wildman–Crippen MR) is 85.1 cm³/mol. The summed E-state index contributed by atoms with van der Waals surface area (Å²) in [6.45, 7) is 9.26. The van der Waals surface area contributed by atoms with E-state index in [1.807, 2.05) is 27.7 Å². The Morgan fingerprint density at radius 2 is 1.86 bits per heavy atom. The van der Waals surface area contributed by atoms with Crippen LogP contribution in [0.4, 0.5) is 0 Å². The second kappa shape index (κ2) is 7.77. The van der Waals surface area contributed by atoms with E-state index in [0.29, 0.717) is 36.3 Å². The van der Waals surface area contributed by atoms with Crippen molar-refractivity contribution in [3.05, 3.63) is 23.8 Å². The van der Waals surface area contributed by atoms with Crippen LogP contribution in [0.15, 0.2) is 23.1 Å². The van der Waals surface area contributed by atoms with Crippen molar-refractivity contribution in [2.45, 2.75) is 45.2 Å². The lowest BCUT2D eigenvalue weighted by molar-refractivity contribution is 0.405. The third-order valence-electron chi connectivity index (χ3n) is 3.30. The number of nitrogens with one attached hydrogen (secondary N) is 1. The fourth-order valence-corrected chi connectivity index (χ4v) is 3.59. The van der Waals surface area contributed by atoms with Gasteiger partial charge >= 0.3 is 0 Å². The summed E-state index contributed by atoms with van der Waals surface area (Å²) in [5, 5.41) is 3.28. The van der Waals surface area contributed by atoms with E-state index >= 15 is 0 Å². The van der Waals surface area contributed by atoms with Gasteiger partial charge in [0.1, 0.15) is 5.75 Å². The Hall–Kier alpha value is -1.11. The van der Waals surface area contributed by atoms with E-state index < -0.39 is 10.0 Å². The van der Waals surface area contributed by atoms with Gasteiger partial charge < -0.3 is 10.1 Å². The Bertz CT molecular complexity index is 552. The van der Waals surface area contributed by atoms with E-state index in [1.54, 1.807) is 25.3 Å². The molecule has 6 heteroatoms. The van der Waals surface area contributed by atoms with E-state index in [1.165, 1.54) is 4.31 Å². The zero-order valence-corrected chi connectivity index (χ0v) is 14.3. The highest BCUT2D eigenvalue weighted by Gasteiger charge is 2.22. The van der Waals surface area contributed by atoms with Gasteiger partial charge in [-0.15, -0.1) is 0 Å². The Morgan fingerprint density at radius 1 is 1.24 bits per heavy atom. The second-order valence-corrected chi connectivity index (χ2v) is 7.04. The van der Waals surface area contributed by atoms with E-state index in [9.17, 15) is 8.42 Å². The Kier molecular flexibility index (Phi) is 6.64. The summed E-state index contributed by atoms with van der Waals surface area (Å²) >= 11 is 0. The number of benzene rings is 1. The smallest absolute Gasteiger partial charge is 0.243 e. The monoisotopic (exact) mass is 314 g/mol. The van der Waals surface area contributed by atoms with Crippen LogP contribution in [0.3, 0.4) is 0 Å². The molecule has 1 N–H and O–H groups in total. The first-order chi connectivity index (χ1) is 9.86. The molecule has 120 valence electrons. The van der Waals surface area contributed by atoms with Gasteiger partial charge in [-0.2, -0.15) is 4.31 Å². The van der Waals surface area contributed by atoms with Crippen molar-refractivity contribution in [2.75, 3.05) is 20.2 Å². The maximum absolute atomic E-state index is 12.5. The molecule has 0 fully saturated rings. The third-order valence-corrected chi connectivity index (χ3v) is 5.34. The molecule has 0 unspecified atom stereocenters. The molecule has 21 heavy (non-hydrogen) atoms. The topological polar surface area (TPSA) is 58.6 Å². The molecule has 0 atom stereocenters. The fraction of sp³-hybridized carbons (Fsp3) is 0.600. The first-order valence-corrected chi connectivity index (χ1v) is 8.71. The van der Waals surface area contributed by atoms with Gasteiger partial charge in [0, 0.05) is 31.2 Å².